The number of para-hydroxylation sites is 2. The minimum atomic E-state index is 0.685. The quantitative estimate of drug-likeness (QED) is 0.180. The first-order valence-corrected chi connectivity index (χ1v) is 19.8. The molecule has 12 rings (SSSR count). The van der Waals surface area contributed by atoms with Crippen molar-refractivity contribution in [1.82, 2.24) is 19.9 Å². The van der Waals surface area contributed by atoms with Crippen LogP contribution in [0.25, 0.3) is 119 Å². The molecule has 0 aliphatic carbocycles. The van der Waals surface area contributed by atoms with E-state index < -0.39 is 0 Å². The summed E-state index contributed by atoms with van der Waals surface area (Å²) < 4.78 is 10.9. The standard InChI is InChI=1S/C48H26N4OS2/c1-5-13-37-34(11-1)43(50-47(49-37)30-21-23-33-32-10-3-7-15-40(32)54-42(33)26-30)27-17-19-28(20-18-27)44-46-45(35-12-4-8-16-41(35)55-46)52-48(51-44)29-22-24-39-36(25-29)31-9-2-6-14-38(31)53-39/h1-26H. The molecule has 0 bridgehead atoms. The van der Waals surface area contributed by atoms with Crippen molar-refractivity contribution in [3.63, 3.8) is 0 Å². The van der Waals surface area contributed by atoms with E-state index in [-0.39, 0.29) is 0 Å². The molecule has 0 aliphatic rings. The van der Waals surface area contributed by atoms with Crippen LogP contribution in [0.4, 0.5) is 0 Å². The highest BCUT2D eigenvalue weighted by molar-refractivity contribution is 7.26. The molecule has 0 N–H and O–H groups in total. The highest BCUT2D eigenvalue weighted by Crippen LogP contribution is 2.41. The van der Waals surface area contributed by atoms with Crippen molar-refractivity contribution in [3.05, 3.63) is 158 Å². The van der Waals surface area contributed by atoms with Gasteiger partial charge in [0.05, 0.1) is 27.1 Å². The summed E-state index contributed by atoms with van der Waals surface area (Å²) in [4.78, 5) is 20.8. The van der Waals surface area contributed by atoms with E-state index in [0.717, 1.165) is 82.1 Å². The highest BCUT2D eigenvalue weighted by Gasteiger charge is 2.19. The Morgan fingerprint density at radius 3 is 1.80 bits per heavy atom. The first kappa shape index (κ1) is 30.6. The van der Waals surface area contributed by atoms with Crippen molar-refractivity contribution in [2.24, 2.45) is 0 Å². The maximum absolute atomic E-state index is 6.14. The zero-order valence-corrected chi connectivity index (χ0v) is 30.7. The van der Waals surface area contributed by atoms with Gasteiger partial charge in [-0.15, -0.1) is 22.7 Å². The Balaban J connectivity index is 1.000. The summed E-state index contributed by atoms with van der Waals surface area (Å²) in [6, 6.07) is 54.9. The number of hydrogen-bond acceptors (Lipinski definition) is 7. The molecule has 0 amide bonds. The zero-order chi connectivity index (χ0) is 36.0. The Morgan fingerprint density at radius 1 is 0.364 bits per heavy atom. The second-order valence-electron chi connectivity index (χ2n) is 13.8. The highest BCUT2D eigenvalue weighted by atomic mass is 32.1. The predicted octanol–water partition coefficient (Wildman–Crippen LogP) is 13.7. The molecule has 12 aromatic rings. The molecular formula is C48H26N4OS2. The van der Waals surface area contributed by atoms with Crippen molar-refractivity contribution in [2.75, 3.05) is 0 Å². The Hall–Kier alpha value is -6.80. The van der Waals surface area contributed by atoms with Gasteiger partial charge in [-0.3, -0.25) is 0 Å². The summed E-state index contributed by atoms with van der Waals surface area (Å²) >= 11 is 3.54. The molecule has 256 valence electrons. The molecule has 0 unspecified atom stereocenters. The molecule has 0 aliphatic heterocycles. The van der Waals surface area contributed by atoms with Gasteiger partial charge in [0.15, 0.2) is 11.6 Å². The third kappa shape index (κ3) is 4.84. The maximum atomic E-state index is 6.14. The first-order valence-electron chi connectivity index (χ1n) is 18.1. The minimum Gasteiger partial charge on any atom is -0.456 e. The smallest absolute Gasteiger partial charge is 0.160 e. The van der Waals surface area contributed by atoms with Crippen LogP contribution in [0.1, 0.15) is 0 Å². The summed E-state index contributed by atoms with van der Waals surface area (Å²) in [5, 5.41) is 6.83. The van der Waals surface area contributed by atoms with Crippen LogP contribution in [0.5, 0.6) is 0 Å². The van der Waals surface area contributed by atoms with E-state index in [2.05, 4.69) is 127 Å². The average molecular weight is 739 g/mol. The van der Waals surface area contributed by atoms with Gasteiger partial charge in [-0.1, -0.05) is 109 Å². The second-order valence-corrected chi connectivity index (χ2v) is 15.9. The number of aromatic nitrogens is 4. The molecule has 0 spiro atoms. The van der Waals surface area contributed by atoms with E-state index in [1.807, 2.05) is 41.7 Å². The van der Waals surface area contributed by atoms with E-state index in [1.165, 1.54) is 24.9 Å². The van der Waals surface area contributed by atoms with Crippen LogP contribution in [0.15, 0.2) is 162 Å². The molecule has 0 saturated carbocycles. The summed E-state index contributed by atoms with van der Waals surface area (Å²) in [6.07, 6.45) is 0. The lowest BCUT2D eigenvalue weighted by Crippen LogP contribution is -1.96. The number of hydrogen-bond donors (Lipinski definition) is 0. The van der Waals surface area contributed by atoms with Crippen molar-refractivity contribution in [3.8, 4) is 45.3 Å². The van der Waals surface area contributed by atoms with Crippen LogP contribution >= 0.6 is 22.7 Å². The predicted molar refractivity (Wildman–Crippen MR) is 230 cm³/mol. The summed E-state index contributed by atoms with van der Waals surface area (Å²) in [6.45, 7) is 0. The number of benzene rings is 7. The number of fused-ring (bicyclic) bond motifs is 10. The maximum Gasteiger partial charge on any atom is 0.160 e. The topological polar surface area (TPSA) is 64.7 Å². The normalized spacial score (nSPS) is 12.0. The van der Waals surface area contributed by atoms with Crippen LogP contribution < -0.4 is 0 Å². The molecular weight excluding hydrogens is 713 g/mol. The van der Waals surface area contributed by atoms with Gasteiger partial charge < -0.3 is 4.42 Å². The Kier molecular flexibility index (Phi) is 6.60. The van der Waals surface area contributed by atoms with Gasteiger partial charge in [0.1, 0.15) is 11.2 Å². The van der Waals surface area contributed by atoms with Gasteiger partial charge in [-0.25, -0.2) is 19.9 Å². The van der Waals surface area contributed by atoms with E-state index in [0.29, 0.717) is 11.6 Å². The van der Waals surface area contributed by atoms with Crippen LogP contribution in [-0.4, -0.2) is 19.9 Å². The van der Waals surface area contributed by atoms with Gasteiger partial charge >= 0.3 is 0 Å². The molecule has 5 heterocycles. The van der Waals surface area contributed by atoms with E-state index >= 15 is 0 Å². The number of thiophene rings is 2. The molecule has 0 radical (unpaired) electrons. The molecule has 5 aromatic heterocycles. The molecule has 55 heavy (non-hydrogen) atoms. The van der Waals surface area contributed by atoms with Crippen molar-refractivity contribution < 1.29 is 4.42 Å². The SMILES string of the molecule is c1ccc2c(-c3ccc(-c4nc(-c5ccc6oc7ccccc7c6c5)nc5c4sc4ccccc45)cc3)nc(-c3ccc4c(c3)sc3ccccc34)nc2c1. The van der Waals surface area contributed by atoms with Crippen molar-refractivity contribution in [1.29, 1.82) is 0 Å². The fourth-order valence-electron chi connectivity index (χ4n) is 7.86. The largest absolute Gasteiger partial charge is 0.456 e. The van der Waals surface area contributed by atoms with E-state index in [9.17, 15) is 0 Å². The summed E-state index contributed by atoms with van der Waals surface area (Å²) in [7, 11) is 0. The van der Waals surface area contributed by atoms with Gasteiger partial charge in [0.25, 0.3) is 0 Å². The lowest BCUT2D eigenvalue weighted by atomic mass is 10.0. The third-order valence-electron chi connectivity index (χ3n) is 10.5. The summed E-state index contributed by atoms with van der Waals surface area (Å²) in [5.74, 6) is 1.40. The molecule has 5 nitrogen and oxygen atoms in total. The van der Waals surface area contributed by atoms with Crippen LogP contribution in [0.3, 0.4) is 0 Å². The monoisotopic (exact) mass is 738 g/mol. The zero-order valence-electron chi connectivity index (χ0n) is 29.0. The van der Waals surface area contributed by atoms with Crippen molar-refractivity contribution in [2.45, 2.75) is 0 Å². The Bertz CT molecular complexity index is 3510. The van der Waals surface area contributed by atoms with Gasteiger partial charge in [-0.2, -0.15) is 0 Å². The second kappa shape index (κ2) is 11.9. The first-order chi connectivity index (χ1) is 27.2. The van der Waals surface area contributed by atoms with Gasteiger partial charge in [0.2, 0.25) is 0 Å². The fourth-order valence-corrected chi connectivity index (χ4v) is 10.2. The van der Waals surface area contributed by atoms with Crippen molar-refractivity contribution >= 4 is 96.0 Å². The van der Waals surface area contributed by atoms with Crippen LogP contribution in [0.2, 0.25) is 0 Å². The summed E-state index contributed by atoms with van der Waals surface area (Å²) in [5.41, 5.74) is 9.41. The van der Waals surface area contributed by atoms with E-state index in [4.69, 9.17) is 24.4 Å². The number of nitrogens with zero attached hydrogens (tertiary/aromatic N) is 4. The Labute approximate surface area is 321 Å². The third-order valence-corrected chi connectivity index (χ3v) is 12.8. The molecule has 7 heteroatoms. The molecule has 7 aromatic carbocycles. The van der Waals surface area contributed by atoms with Gasteiger partial charge in [0, 0.05) is 68.7 Å². The van der Waals surface area contributed by atoms with E-state index in [1.54, 1.807) is 11.3 Å². The molecule has 0 saturated heterocycles. The number of rotatable bonds is 4. The van der Waals surface area contributed by atoms with Crippen LogP contribution in [-0.2, 0) is 0 Å². The van der Waals surface area contributed by atoms with Crippen LogP contribution in [0, 0.1) is 0 Å². The van der Waals surface area contributed by atoms with Gasteiger partial charge in [-0.05, 0) is 48.5 Å². The fraction of sp³-hybridized carbons (Fsp3) is 0. The molecule has 0 fully saturated rings. The molecule has 0 atom stereocenters. The Morgan fingerprint density at radius 2 is 0.945 bits per heavy atom. The minimum absolute atomic E-state index is 0.685. The lowest BCUT2D eigenvalue weighted by Gasteiger charge is -2.11. The number of furan rings is 1. The average Bonchev–Trinajstić information content (AvgIpc) is 3.94. The lowest BCUT2D eigenvalue weighted by molar-refractivity contribution is 0.669.